The Kier molecular flexibility index (Phi) is 7.95. The van der Waals surface area contributed by atoms with Crippen LogP contribution in [-0.4, -0.2) is 30.9 Å². The van der Waals surface area contributed by atoms with E-state index in [1.54, 1.807) is 48.2 Å². The minimum absolute atomic E-state index is 0.0929. The molecule has 0 unspecified atom stereocenters. The minimum atomic E-state index is -3.77. The number of benzene rings is 4. The number of thioether (sulfide) groups is 1. The predicted octanol–water partition coefficient (Wildman–Crippen LogP) is 6.13. The summed E-state index contributed by atoms with van der Waals surface area (Å²) in [6.07, 6.45) is 0. The number of amides is 2. The van der Waals surface area contributed by atoms with Crippen LogP contribution in [0.4, 0.5) is 11.4 Å². The van der Waals surface area contributed by atoms with Crippen LogP contribution < -0.4 is 10.0 Å². The molecule has 0 radical (unpaired) electrons. The van der Waals surface area contributed by atoms with Crippen molar-refractivity contribution in [2.75, 3.05) is 15.8 Å². The standard InChI is InChI=1S/C31H29N3O4S2/c1-21-8-13-27(18-22(21)2)33-40(37,38)28-16-14-26(15-17-28)32-30(36)24-9-11-25(12-10-24)31-34(29(35)20-39-31)19-23-6-4-3-5-7-23/h3-18,31,33H,19-20H2,1-2H3,(H,32,36)/t31-/m1/s1. The maximum atomic E-state index is 12.9. The average Bonchev–Trinajstić information content (AvgIpc) is 3.31. The highest BCUT2D eigenvalue weighted by Gasteiger charge is 2.32. The van der Waals surface area contributed by atoms with E-state index in [2.05, 4.69) is 10.0 Å². The number of sulfonamides is 1. The Morgan fingerprint density at radius 3 is 2.23 bits per heavy atom. The lowest BCUT2D eigenvalue weighted by Crippen LogP contribution is -2.27. The molecule has 204 valence electrons. The summed E-state index contributed by atoms with van der Waals surface area (Å²) in [5.41, 5.74) is 5.52. The van der Waals surface area contributed by atoms with Crippen molar-refractivity contribution in [1.82, 2.24) is 4.90 Å². The van der Waals surface area contributed by atoms with Gasteiger partial charge >= 0.3 is 0 Å². The molecular formula is C31H29N3O4S2. The molecule has 5 rings (SSSR count). The molecule has 4 aromatic carbocycles. The number of rotatable bonds is 8. The maximum Gasteiger partial charge on any atom is 0.261 e. The summed E-state index contributed by atoms with van der Waals surface area (Å²) in [5, 5.41) is 2.70. The van der Waals surface area contributed by atoms with Gasteiger partial charge in [-0.1, -0.05) is 48.5 Å². The van der Waals surface area contributed by atoms with Crippen molar-refractivity contribution in [3.63, 3.8) is 0 Å². The topological polar surface area (TPSA) is 95.6 Å². The van der Waals surface area contributed by atoms with Gasteiger partial charge in [-0.25, -0.2) is 8.42 Å². The number of nitrogens with one attached hydrogen (secondary N) is 2. The van der Waals surface area contributed by atoms with E-state index in [-0.39, 0.29) is 22.1 Å². The highest BCUT2D eigenvalue weighted by Crippen LogP contribution is 2.39. The lowest BCUT2D eigenvalue weighted by molar-refractivity contribution is -0.128. The fourth-order valence-electron chi connectivity index (χ4n) is 4.42. The quantitative estimate of drug-likeness (QED) is 0.265. The molecule has 1 saturated heterocycles. The average molecular weight is 572 g/mol. The largest absolute Gasteiger partial charge is 0.322 e. The van der Waals surface area contributed by atoms with Crippen molar-refractivity contribution in [2.24, 2.45) is 0 Å². The van der Waals surface area contributed by atoms with Gasteiger partial charge in [-0.3, -0.25) is 14.3 Å². The molecule has 1 atom stereocenters. The van der Waals surface area contributed by atoms with Crippen LogP contribution in [0.5, 0.6) is 0 Å². The van der Waals surface area contributed by atoms with Crippen molar-refractivity contribution in [3.05, 3.63) is 125 Å². The summed E-state index contributed by atoms with van der Waals surface area (Å²) in [4.78, 5) is 27.4. The first kappa shape index (κ1) is 27.5. The Morgan fingerprint density at radius 1 is 0.875 bits per heavy atom. The van der Waals surface area contributed by atoms with Crippen molar-refractivity contribution in [2.45, 2.75) is 30.7 Å². The van der Waals surface area contributed by atoms with Crippen LogP contribution in [0.3, 0.4) is 0 Å². The zero-order valence-electron chi connectivity index (χ0n) is 22.1. The van der Waals surface area contributed by atoms with Gasteiger partial charge in [-0.15, -0.1) is 11.8 Å². The molecule has 4 aromatic rings. The van der Waals surface area contributed by atoms with Gasteiger partial charge in [0.1, 0.15) is 5.37 Å². The maximum absolute atomic E-state index is 12.9. The molecule has 40 heavy (non-hydrogen) atoms. The van der Waals surface area contributed by atoms with Gasteiger partial charge < -0.3 is 10.2 Å². The van der Waals surface area contributed by atoms with Crippen LogP contribution in [0.25, 0.3) is 0 Å². The van der Waals surface area contributed by atoms with E-state index in [9.17, 15) is 18.0 Å². The van der Waals surface area contributed by atoms with E-state index in [1.165, 1.54) is 12.1 Å². The van der Waals surface area contributed by atoms with E-state index in [0.717, 1.165) is 22.3 Å². The third-order valence-corrected chi connectivity index (χ3v) is 9.46. The third-order valence-electron chi connectivity index (χ3n) is 6.80. The molecule has 1 fully saturated rings. The Bertz CT molecular complexity index is 1640. The third kappa shape index (κ3) is 6.21. The smallest absolute Gasteiger partial charge is 0.261 e. The van der Waals surface area contributed by atoms with E-state index < -0.39 is 10.0 Å². The van der Waals surface area contributed by atoms with Crippen LogP contribution in [-0.2, 0) is 21.4 Å². The summed E-state index contributed by atoms with van der Waals surface area (Å²) in [6.45, 7) is 4.42. The Morgan fingerprint density at radius 2 is 1.55 bits per heavy atom. The second-order valence-electron chi connectivity index (χ2n) is 9.68. The number of hydrogen-bond acceptors (Lipinski definition) is 5. The fraction of sp³-hybridized carbons (Fsp3) is 0.161. The van der Waals surface area contributed by atoms with Gasteiger partial charge in [0.2, 0.25) is 5.91 Å². The van der Waals surface area contributed by atoms with Gasteiger partial charge in [0.25, 0.3) is 15.9 Å². The van der Waals surface area contributed by atoms with Crippen LogP contribution >= 0.6 is 11.8 Å². The molecule has 9 heteroatoms. The first-order valence-electron chi connectivity index (χ1n) is 12.8. The number of aryl methyl sites for hydroxylation is 2. The summed E-state index contributed by atoms with van der Waals surface area (Å²) in [7, 11) is -3.77. The number of anilines is 2. The number of carbonyl (C=O) groups excluding carboxylic acids is 2. The van der Waals surface area contributed by atoms with Crippen LogP contribution in [0.2, 0.25) is 0 Å². The Labute approximate surface area is 238 Å². The second-order valence-corrected chi connectivity index (χ2v) is 12.4. The van der Waals surface area contributed by atoms with Crippen LogP contribution in [0, 0.1) is 13.8 Å². The first-order valence-corrected chi connectivity index (χ1v) is 15.3. The molecule has 1 heterocycles. The SMILES string of the molecule is Cc1ccc(NS(=O)(=O)c2ccc(NC(=O)c3ccc([C@H]4SCC(=O)N4Cc4ccccc4)cc3)cc2)cc1C. The molecule has 1 aliphatic heterocycles. The van der Waals surface area contributed by atoms with E-state index in [1.807, 2.05) is 67.3 Å². The fourth-order valence-corrected chi connectivity index (χ4v) is 6.66. The molecule has 0 aromatic heterocycles. The predicted molar refractivity (Wildman–Crippen MR) is 160 cm³/mol. The van der Waals surface area contributed by atoms with Crippen molar-refractivity contribution in [3.8, 4) is 0 Å². The zero-order valence-corrected chi connectivity index (χ0v) is 23.8. The van der Waals surface area contributed by atoms with E-state index >= 15 is 0 Å². The highest BCUT2D eigenvalue weighted by atomic mass is 32.2. The minimum Gasteiger partial charge on any atom is -0.322 e. The van der Waals surface area contributed by atoms with E-state index in [0.29, 0.717) is 29.2 Å². The van der Waals surface area contributed by atoms with Gasteiger partial charge in [-0.2, -0.15) is 0 Å². The zero-order chi connectivity index (χ0) is 28.3. The molecule has 0 bridgehead atoms. The number of nitrogens with zero attached hydrogens (tertiary/aromatic N) is 1. The molecule has 1 aliphatic rings. The molecule has 0 spiro atoms. The number of hydrogen-bond donors (Lipinski definition) is 2. The summed E-state index contributed by atoms with van der Waals surface area (Å²) < 4.78 is 28.2. The molecular weight excluding hydrogens is 542 g/mol. The molecule has 0 saturated carbocycles. The summed E-state index contributed by atoms with van der Waals surface area (Å²) >= 11 is 1.57. The lowest BCUT2D eigenvalue weighted by atomic mass is 10.1. The normalized spacial score (nSPS) is 15.2. The lowest BCUT2D eigenvalue weighted by Gasteiger charge is -2.24. The summed E-state index contributed by atoms with van der Waals surface area (Å²) in [5.74, 6) is 0.202. The molecule has 2 N–H and O–H groups in total. The monoisotopic (exact) mass is 571 g/mol. The summed E-state index contributed by atoms with van der Waals surface area (Å²) in [6, 6.07) is 28.5. The molecule has 0 aliphatic carbocycles. The highest BCUT2D eigenvalue weighted by molar-refractivity contribution is 8.00. The Balaban J connectivity index is 1.23. The molecule has 7 nitrogen and oxygen atoms in total. The van der Waals surface area contributed by atoms with E-state index in [4.69, 9.17) is 0 Å². The number of carbonyl (C=O) groups is 2. The van der Waals surface area contributed by atoms with Crippen molar-refractivity contribution >= 4 is 45.0 Å². The van der Waals surface area contributed by atoms with Gasteiger partial charge in [-0.05, 0) is 84.6 Å². The van der Waals surface area contributed by atoms with Gasteiger partial charge in [0.15, 0.2) is 0 Å². The van der Waals surface area contributed by atoms with Gasteiger partial charge in [0.05, 0.1) is 10.6 Å². The molecule has 2 amide bonds. The first-order chi connectivity index (χ1) is 19.2. The Hall–Kier alpha value is -4.08. The van der Waals surface area contributed by atoms with Gasteiger partial charge in [0, 0.05) is 23.5 Å². The van der Waals surface area contributed by atoms with Crippen molar-refractivity contribution < 1.29 is 18.0 Å². The van der Waals surface area contributed by atoms with Crippen molar-refractivity contribution in [1.29, 1.82) is 0 Å². The van der Waals surface area contributed by atoms with Crippen LogP contribution in [0.1, 0.15) is 38.0 Å². The second kappa shape index (κ2) is 11.6. The van der Waals surface area contributed by atoms with Crippen LogP contribution in [0.15, 0.2) is 102 Å².